The number of nitrogens with one attached hydrogen (secondary N) is 2. The lowest BCUT2D eigenvalue weighted by Crippen LogP contribution is -2.29. The standard InChI is InChI=1S/C20H22N6O3/c27-17(10-12-26-19(29)9-8-18(28)24-26)21-15-6-4-5-14(13-15)20-23-22-16-7-2-1-3-11-25(16)20/h4-6,8-9,13H,1-3,7,10-12H2,(H,21,27)(H,24,28). The van der Waals surface area contributed by atoms with Crippen LogP contribution in [0.2, 0.25) is 0 Å². The Balaban J connectivity index is 1.46. The van der Waals surface area contributed by atoms with Gasteiger partial charge in [-0.25, -0.2) is 4.68 Å². The number of aryl methyl sites for hydroxylation is 2. The van der Waals surface area contributed by atoms with E-state index in [1.54, 1.807) is 6.07 Å². The maximum Gasteiger partial charge on any atom is 0.265 e. The summed E-state index contributed by atoms with van der Waals surface area (Å²) < 4.78 is 3.29. The predicted molar refractivity (Wildman–Crippen MR) is 108 cm³/mol. The van der Waals surface area contributed by atoms with Gasteiger partial charge in [-0.15, -0.1) is 10.2 Å². The third kappa shape index (κ3) is 4.34. The van der Waals surface area contributed by atoms with Gasteiger partial charge in [-0.3, -0.25) is 19.5 Å². The molecule has 2 aromatic heterocycles. The minimum atomic E-state index is -0.384. The molecular weight excluding hydrogens is 372 g/mol. The van der Waals surface area contributed by atoms with E-state index in [4.69, 9.17) is 0 Å². The van der Waals surface area contributed by atoms with Crippen LogP contribution in [-0.2, 0) is 24.3 Å². The van der Waals surface area contributed by atoms with Gasteiger partial charge in [0.1, 0.15) is 5.82 Å². The first-order valence-corrected chi connectivity index (χ1v) is 9.73. The topological polar surface area (TPSA) is 115 Å². The van der Waals surface area contributed by atoms with Crippen LogP contribution in [0.4, 0.5) is 5.69 Å². The molecule has 2 N–H and O–H groups in total. The number of hydrogen-bond donors (Lipinski definition) is 2. The summed E-state index contributed by atoms with van der Waals surface area (Å²) in [6.07, 6.45) is 4.42. The fourth-order valence-corrected chi connectivity index (χ4v) is 3.50. The van der Waals surface area contributed by atoms with Crippen molar-refractivity contribution in [2.75, 3.05) is 5.32 Å². The highest BCUT2D eigenvalue weighted by atomic mass is 16.2. The molecule has 9 nitrogen and oxygen atoms in total. The summed E-state index contributed by atoms with van der Waals surface area (Å²) in [6.45, 7) is 0.996. The van der Waals surface area contributed by atoms with E-state index in [1.165, 1.54) is 12.5 Å². The number of H-pyrrole nitrogens is 1. The minimum absolute atomic E-state index is 0.0599. The molecule has 1 amide bonds. The molecule has 150 valence electrons. The second kappa shape index (κ2) is 8.26. The maximum absolute atomic E-state index is 12.3. The molecule has 1 aliphatic heterocycles. The molecule has 0 radical (unpaired) electrons. The second-order valence-corrected chi connectivity index (χ2v) is 7.08. The van der Waals surface area contributed by atoms with Gasteiger partial charge in [0.05, 0.1) is 6.54 Å². The molecule has 29 heavy (non-hydrogen) atoms. The van der Waals surface area contributed by atoms with Crippen LogP contribution in [0.5, 0.6) is 0 Å². The zero-order valence-electron chi connectivity index (χ0n) is 15.9. The van der Waals surface area contributed by atoms with Gasteiger partial charge in [0.25, 0.3) is 11.1 Å². The average Bonchev–Trinajstić information content (AvgIpc) is 2.97. The van der Waals surface area contributed by atoms with Crippen molar-refractivity contribution in [3.05, 3.63) is 62.9 Å². The van der Waals surface area contributed by atoms with Gasteiger partial charge in [0.15, 0.2) is 5.82 Å². The Morgan fingerprint density at radius 1 is 1.10 bits per heavy atom. The molecule has 0 unspecified atom stereocenters. The Morgan fingerprint density at radius 3 is 2.90 bits per heavy atom. The van der Waals surface area contributed by atoms with Crippen molar-refractivity contribution in [2.45, 2.75) is 45.2 Å². The Labute approximate surface area is 166 Å². The first-order chi connectivity index (χ1) is 14.1. The van der Waals surface area contributed by atoms with Gasteiger partial charge in [-0.05, 0) is 25.0 Å². The summed E-state index contributed by atoms with van der Waals surface area (Å²) in [5.41, 5.74) is 0.802. The molecule has 0 saturated heterocycles. The van der Waals surface area contributed by atoms with Crippen LogP contribution in [0.25, 0.3) is 11.4 Å². The Morgan fingerprint density at radius 2 is 2.00 bits per heavy atom. The average molecular weight is 394 g/mol. The van der Waals surface area contributed by atoms with Crippen molar-refractivity contribution in [1.29, 1.82) is 0 Å². The lowest BCUT2D eigenvalue weighted by atomic mass is 10.2. The van der Waals surface area contributed by atoms with Crippen molar-refractivity contribution in [2.24, 2.45) is 0 Å². The first-order valence-electron chi connectivity index (χ1n) is 9.73. The number of nitrogens with zero attached hydrogens (tertiary/aromatic N) is 4. The SMILES string of the molecule is O=C(CCn1[nH]c(=O)ccc1=O)Nc1cccc(-c2nnc3n2CCCCC3)c1. The van der Waals surface area contributed by atoms with Gasteiger partial charge >= 0.3 is 0 Å². The number of anilines is 1. The van der Waals surface area contributed by atoms with Crippen molar-refractivity contribution < 1.29 is 4.79 Å². The summed E-state index contributed by atoms with van der Waals surface area (Å²) in [7, 11) is 0. The van der Waals surface area contributed by atoms with Crippen LogP contribution >= 0.6 is 0 Å². The molecule has 0 fully saturated rings. The molecule has 0 saturated carbocycles. The number of fused-ring (bicyclic) bond motifs is 1. The smallest absolute Gasteiger partial charge is 0.265 e. The van der Waals surface area contributed by atoms with Crippen molar-refractivity contribution in [3.63, 3.8) is 0 Å². The molecule has 0 bridgehead atoms. The van der Waals surface area contributed by atoms with E-state index in [1.807, 2.05) is 18.2 Å². The maximum atomic E-state index is 12.3. The fraction of sp³-hybridized carbons (Fsp3) is 0.350. The summed E-state index contributed by atoms with van der Waals surface area (Å²) in [6, 6.07) is 9.83. The monoisotopic (exact) mass is 394 g/mol. The normalized spacial score (nSPS) is 13.5. The molecule has 4 rings (SSSR count). The van der Waals surface area contributed by atoms with Crippen LogP contribution in [0.15, 0.2) is 46.0 Å². The van der Waals surface area contributed by atoms with Gasteiger partial charge in [0, 0.05) is 42.8 Å². The highest BCUT2D eigenvalue weighted by molar-refractivity contribution is 5.91. The lowest BCUT2D eigenvalue weighted by molar-refractivity contribution is -0.116. The van der Waals surface area contributed by atoms with Crippen molar-refractivity contribution in [1.82, 2.24) is 24.5 Å². The number of hydrogen-bond acceptors (Lipinski definition) is 5. The summed E-state index contributed by atoms with van der Waals surface area (Å²) in [4.78, 5) is 35.3. The first kappa shape index (κ1) is 18.9. The number of rotatable bonds is 5. The largest absolute Gasteiger partial charge is 0.326 e. The summed E-state index contributed by atoms with van der Waals surface area (Å²) in [5.74, 6) is 1.57. The molecule has 0 aliphatic carbocycles. The van der Waals surface area contributed by atoms with Gasteiger partial charge < -0.3 is 9.88 Å². The molecule has 9 heteroatoms. The highest BCUT2D eigenvalue weighted by Gasteiger charge is 2.16. The van der Waals surface area contributed by atoms with Gasteiger partial charge in [-0.2, -0.15) is 0 Å². The van der Waals surface area contributed by atoms with E-state index in [-0.39, 0.29) is 30.0 Å². The van der Waals surface area contributed by atoms with Crippen LogP contribution in [0.1, 0.15) is 31.5 Å². The third-order valence-corrected chi connectivity index (χ3v) is 4.96. The van der Waals surface area contributed by atoms with Crippen LogP contribution in [0, 0.1) is 0 Å². The molecule has 1 aromatic carbocycles. The number of carbonyl (C=O) groups excluding carboxylic acids is 1. The van der Waals surface area contributed by atoms with Crippen LogP contribution in [-0.4, -0.2) is 30.5 Å². The number of carbonyl (C=O) groups is 1. The van der Waals surface area contributed by atoms with Crippen LogP contribution < -0.4 is 16.4 Å². The van der Waals surface area contributed by atoms with E-state index < -0.39 is 0 Å². The molecular formula is C20H22N6O3. The molecule has 1 aliphatic rings. The Bertz CT molecular complexity index is 1140. The Kier molecular flexibility index (Phi) is 5.37. The summed E-state index contributed by atoms with van der Waals surface area (Å²) in [5, 5.41) is 13.9. The highest BCUT2D eigenvalue weighted by Crippen LogP contribution is 2.24. The van der Waals surface area contributed by atoms with Crippen molar-refractivity contribution >= 4 is 11.6 Å². The molecule has 0 spiro atoms. The van der Waals surface area contributed by atoms with Gasteiger partial charge in [-0.1, -0.05) is 18.6 Å². The quantitative estimate of drug-likeness (QED) is 0.681. The van der Waals surface area contributed by atoms with E-state index in [0.717, 1.165) is 53.8 Å². The zero-order valence-corrected chi connectivity index (χ0v) is 15.9. The third-order valence-electron chi connectivity index (χ3n) is 4.96. The fourth-order valence-electron chi connectivity index (χ4n) is 3.50. The lowest BCUT2D eigenvalue weighted by Gasteiger charge is -2.10. The molecule has 3 heterocycles. The predicted octanol–water partition coefficient (Wildman–Crippen LogP) is 1.55. The Hall–Kier alpha value is -3.49. The van der Waals surface area contributed by atoms with Crippen LogP contribution in [0.3, 0.4) is 0 Å². The molecule has 0 atom stereocenters. The van der Waals surface area contributed by atoms with E-state index in [0.29, 0.717) is 5.69 Å². The number of amides is 1. The zero-order chi connectivity index (χ0) is 20.2. The number of benzene rings is 1. The summed E-state index contributed by atoms with van der Waals surface area (Å²) >= 11 is 0. The van der Waals surface area contributed by atoms with Crippen molar-refractivity contribution in [3.8, 4) is 11.4 Å². The number of aromatic nitrogens is 5. The molecule has 3 aromatic rings. The second-order valence-electron chi connectivity index (χ2n) is 7.08. The van der Waals surface area contributed by atoms with Gasteiger partial charge in [0.2, 0.25) is 5.91 Å². The van der Waals surface area contributed by atoms with E-state index >= 15 is 0 Å². The van der Waals surface area contributed by atoms with E-state index in [9.17, 15) is 14.4 Å². The number of aromatic amines is 1. The van der Waals surface area contributed by atoms with E-state index in [2.05, 4.69) is 25.2 Å². The minimum Gasteiger partial charge on any atom is -0.326 e.